The molecule has 2 aromatic heterocycles. The highest BCUT2D eigenvalue weighted by molar-refractivity contribution is 7.03. The zero-order valence-corrected chi connectivity index (χ0v) is 9.99. The molecule has 0 saturated heterocycles. The summed E-state index contributed by atoms with van der Waals surface area (Å²) in [5.41, 5.74) is 0.634. The van der Waals surface area contributed by atoms with Crippen LogP contribution in [0.2, 0.25) is 0 Å². The smallest absolute Gasteiger partial charge is 0.269 e. The minimum atomic E-state index is 0.109. The van der Waals surface area contributed by atoms with Crippen LogP contribution >= 0.6 is 11.5 Å². The summed E-state index contributed by atoms with van der Waals surface area (Å²) in [6.07, 6.45) is 0.908. The molecule has 2 aromatic rings. The Morgan fingerprint density at radius 3 is 2.88 bits per heavy atom. The van der Waals surface area contributed by atoms with Crippen molar-refractivity contribution in [2.24, 2.45) is 0 Å². The molecule has 7 heteroatoms. The standard InChI is InChI=1S/C9H13N5OS/c1-3-6(10-4-2)8-12-13-9(15-8)7-5-16-14-11-7/h5-6,10H,3-4H2,1-2H3. The molecular weight excluding hydrogens is 226 g/mol. The van der Waals surface area contributed by atoms with Gasteiger partial charge in [-0.3, -0.25) is 0 Å². The number of hydrogen-bond acceptors (Lipinski definition) is 7. The van der Waals surface area contributed by atoms with Gasteiger partial charge >= 0.3 is 0 Å². The molecule has 0 amide bonds. The maximum atomic E-state index is 5.55. The van der Waals surface area contributed by atoms with E-state index in [1.165, 1.54) is 11.5 Å². The highest BCUT2D eigenvalue weighted by atomic mass is 32.1. The van der Waals surface area contributed by atoms with Crippen molar-refractivity contribution in [3.05, 3.63) is 11.3 Å². The summed E-state index contributed by atoms with van der Waals surface area (Å²) in [7, 11) is 0. The van der Waals surface area contributed by atoms with Crippen LogP contribution in [0.3, 0.4) is 0 Å². The van der Waals surface area contributed by atoms with Gasteiger partial charge in [0, 0.05) is 5.38 Å². The first-order chi connectivity index (χ1) is 7.85. The second-order valence-electron chi connectivity index (χ2n) is 3.25. The van der Waals surface area contributed by atoms with Crippen molar-refractivity contribution in [2.75, 3.05) is 6.54 Å². The van der Waals surface area contributed by atoms with Gasteiger partial charge < -0.3 is 9.73 Å². The number of nitrogens with zero attached hydrogens (tertiary/aromatic N) is 4. The van der Waals surface area contributed by atoms with Crippen molar-refractivity contribution in [1.82, 2.24) is 25.1 Å². The molecule has 2 heterocycles. The van der Waals surface area contributed by atoms with Crippen LogP contribution in [0.4, 0.5) is 0 Å². The largest absolute Gasteiger partial charge is 0.417 e. The summed E-state index contributed by atoms with van der Waals surface area (Å²) in [6.45, 7) is 4.99. The van der Waals surface area contributed by atoms with Gasteiger partial charge in [0.15, 0.2) is 5.69 Å². The molecule has 0 aliphatic heterocycles. The summed E-state index contributed by atoms with van der Waals surface area (Å²) in [4.78, 5) is 0. The Labute approximate surface area is 97.3 Å². The molecule has 86 valence electrons. The van der Waals surface area contributed by atoms with Crippen molar-refractivity contribution in [3.8, 4) is 11.6 Å². The topological polar surface area (TPSA) is 76.7 Å². The Bertz CT molecular complexity index is 427. The summed E-state index contributed by atoms with van der Waals surface area (Å²) in [6, 6.07) is 0.109. The number of aromatic nitrogens is 4. The Kier molecular flexibility index (Phi) is 3.58. The Balaban J connectivity index is 2.18. The predicted molar refractivity (Wildman–Crippen MR) is 59.9 cm³/mol. The van der Waals surface area contributed by atoms with Gasteiger partial charge in [-0.25, -0.2) is 0 Å². The zero-order valence-electron chi connectivity index (χ0n) is 9.17. The van der Waals surface area contributed by atoms with E-state index in [1.54, 1.807) is 5.38 Å². The van der Waals surface area contributed by atoms with Crippen molar-refractivity contribution in [1.29, 1.82) is 0 Å². The highest BCUT2D eigenvalue weighted by Crippen LogP contribution is 2.20. The molecule has 0 radical (unpaired) electrons. The Morgan fingerprint density at radius 1 is 1.38 bits per heavy atom. The molecule has 16 heavy (non-hydrogen) atoms. The molecule has 1 N–H and O–H groups in total. The molecule has 0 bridgehead atoms. The molecule has 0 aromatic carbocycles. The lowest BCUT2D eigenvalue weighted by Gasteiger charge is -2.09. The molecule has 0 aliphatic carbocycles. The van der Waals surface area contributed by atoms with Crippen LogP contribution in [0.5, 0.6) is 0 Å². The van der Waals surface area contributed by atoms with E-state index in [0.717, 1.165) is 13.0 Å². The van der Waals surface area contributed by atoms with E-state index >= 15 is 0 Å². The minimum absolute atomic E-state index is 0.109. The van der Waals surface area contributed by atoms with Crippen LogP contribution in [0.15, 0.2) is 9.80 Å². The van der Waals surface area contributed by atoms with E-state index in [0.29, 0.717) is 17.5 Å². The van der Waals surface area contributed by atoms with Crippen molar-refractivity contribution >= 4 is 11.5 Å². The van der Waals surface area contributed by atoms with Crippen molar-refractivity contribution < 1.29 is 4.42 Å². The molecule has 0 aliphatic rings. The molecule has 1 unspecified atom stereocenters. The van der Waals surface area contributed by atoms with Crippen molar-refractivity contribution in [2.45, 2.75) is 26.3 Å². The van der Waals surface area contributed by atoms with Gasteiger partial charge in [-0.05, 0) is 24.5 Å². The summed E-state index contributed by atoms with van der Waals surface area (Å²) >= 11 is 1.26. The van der Waals surface area contributed by atoms with Crippen molar-refractivity contribution in [3.63, 3.8) is 0 Å². The van der Waals surface area contributed by atoms with E-state index in [2.05, 4.69) is 32.0 Å². The summed E-state index contributed by atoms with van der Waals surface area (Å²) in [5.74, 6) is 1.03. The second kappa shape index (κ2) is 5.13. The lowest BCUT2D eigenvalue weighted by atomic mass is 10.2. The predicted octanol–water partition coefficient (Wildman–Crippen LogP) is 1.65. The molecule has 0 fully saturated rings. The maximum Gasteiger partial charge on any atom is 0.269 e. The van der Waals surface area contributed by atoms with E-state index < -0.39 is 0 Å². The zero-order chi connectivity index (χ0) is 11.4. The van der Waals surface area contributed by atoms with Gasteiger partial charge in [0.25, 0.3) is 5.89 Å². The third-order valence-electron chi connectivity index (χ3n) is 2.18. The first kappa shape index (κ1) is 11.2. The van der Waals surface area contributed by atoms with Crippen LogP contribution in [0.1, 0.15) is 32.2 Å². The fourth-order valence-corrected chi connectivity index (χ4v) is 1.82. The minimum Gasteiger partial charge on any atom is -0.417 e. The summed E-state index contributed by atoms with van der Waals surface area (Å²) in [5, 5.41) is 16.9. The second-order valence-corrected chi connectivity index (χ2v) is 3.86. The third kappa shape index (κ3) is 2.25. The average molecular weight is 239 g/mol. The monoisotopic (exact) mass is 239 g/mol. The fraction of sp³-hybridized carbons (Fsp3) is 0.556. The third-order valence-corrected chi connectivity index (χ3v) is 2.68. The molecule has 1 atom stereocenters. The SMILES string of the molecule is CCNC(CC)c1nnc(-c2csnn2)o1. The van der Waals surface area contributed by atoms with E-state index in [-0.39, 0.29) is 6.04 Å². The molecule has 0 saturated carbocycles. The van der Waals surface area contributed by atoms with Crippen LogP contribution in [-0.2, 0) is 0 Å². The molecular formula is C9H13N5OS. The van der Waals surface area contributed by atoms with Gasteiger partial charge in [-0.1, -0.05) is 18.3 Å². The first-order valence-corrected chi connectivity index (χ1v) is 6.03. The maximum absolute atomic E-state index is 5.55. The van der Waals surface area contributed by atoms with Gasteiger partial charge in [0.1, 0.15) is 0 Å². The molecule has 6 nitrogen and oxygen atoms in total. The number of hydrogen-bond donors (Lipinski definition) is 1. The first-order valence-electron chi connectivity index (χ1n) is 5.19. The fourth-order valence-electron chi connectivity index (χ4n) is 1.39. The van der Waals surface area contributed by atoms with Crippen LogP contribution in [0.25, 0.3) is 11.6 Å². The molecule has 2 rings (SSSR count). The van der Waals surface area contributed by atoms with E-state index in [1.807, 2.05) is 6.92 Å². The van der Waals surface area contributed by atoms with Crippen LogP contribution < -0.4 is 5.32 Å². The van der Waals surface area contributed by atoms with Gasteiger partial charge in [-0.2, -0.15) is 0 Å². The lowest BCUT2D eigenvalue weighted by molar-refractivity contribution is 0.401. The van der Waals surface area contributed by atoms with Gasteiger partial charge in [-0.15, -0.1) is 15.3 Å². The quantitative estimate of drug-likeness (QED) is 0.854. The van der Waals surface area contributed by atoms with Gasteiger partial charge in [0.2, 0.25) is 5.89 Å². The average Bonchev–Trinajstić information content (AvgIpc) is 2.95. The Morgan fingerprint density at radius 2 is 2.25 bits per heavy atom. The van der Waals surface area contributed by atoms with E-state index in [4.69, 9.17) is 4.42 Å². The number of rotatable bonds is 5. The highest BCUT2D eigenvalue weighted by Gasteiger charge is 2.17. The number of nitrogens with one attached hydrogen (secondary N) is 1. The molecule has 0 spiro atoms. The van der Waals surface area contributed by atoms with Crippen LogP contribution in [0, 0.1) is 0 Å². The lowest BCUT2D eigenvalue weighted by Crippen LogP contribution is -2.20. The summed E-state index contributed by atoms with van der Waals surface area (Å²) < 4.78 is 9.31. The Hall–Kier alpha value is -1.34. The normalized spacial score (nSPS) is 12.9. The van der Waals surface area contributed by atoms with Crippen LogP contribution in [-0.4, -0.2) is 26.3 Å². The van der Waals surface area contributed by atoms with E-state index in [9.17, 15) is 0 Å². The van der Waals surface area contributed by atoms with Gasteiger partial charge in [0.05, 0.1) is 6.04 Å².